The maximum absolute atomic E-state index is 9.78. The molecule has 1 atom stereocenters. The molecule has 0 aromatic heterocycles. The Hall–Kier alpha value is -1.51. The van der Waals surface area contributed by atoms with E-state index < -0.39 is 0 Å². The standard InChI is InChI=1S/C13H13NO.ClH/c1-2-11(14)13-10-6-4-3-5-9(10)7-8-12(13)15;/h2-8,11,15H,1,14H2;1H/t11-;/m0./s1. The van der Waals surface area contributed by atoms with E-state index in [1.165, 1.54) is 0 Å². The fourth-order valence-electron chi connectivity index (χ4n) is 1.75. The third-order valence-corrected chi connectivity index (χ3v) is 2.53. The van der Waals surface area contributed by atoms with Crippen LogP contribution < -0.4 is 5.73 Å². The zero-order valence-electron chi connectivity index (χ0n) is 8.76. The summed E-state index contributed by atoms with van der Waals surface area (Å²) in [5.74, 6) is 0.223. The summed E-state index contributed by atoms with van der Waals surface area (Å²) < 4.78 is 0. The van der Waals surface area contributed by atoms with Gasteiger partial charge < -0.3 is 10.8 Å². The molecule has 16 heavy (non-hydrogen) atoms. The van der Waals surface area contributed by atoms with Crippen LogP contribution in [0.1, 0.15) is 11.6 Å². The molecule has 0 saturated carbocycles. The Labute approximate surface area is 101 Å². The quantitative estimate of drug-likeness (QED) is 0.786. The first-order chi connectivity index (χ1) is 7.24. The largest absolute Gasteiger partial charge is 0.508 e. The summed E-state index contributed by atoms with van der Waals surface area (Å²) in [6.45, 7) is 3.65. The zero-order valence-corrected chi connectivity index (χ0v) is 9.58. The second kappa shape index (κ2) is 5.01. The molecule has 2 aromatic carbocycles. The number of nitrogens with two attached hydrogens (primary N) is 1. The van der Waals surface area contributed by atoms with Crippen molar-refractivity contribution in [1.29, 1.82) is 0 Å². The van der Waals surface area contributed by atoms with E-state index in [0.29, 0.717) is 0 Å². The minimum absolute atomic E-state index is 0. The molecule has 0 aliphatic rings. The van der Waals surface area contributed by atoms with Crippen molar-refractivity contribution in [2.45, 2.75) is 6.04 Å². The van der Waals surface area contributed by atoms with Gasteiger partial charge in [-0.1, -0.05) is 36.4 Å². The van der Waals surface area contributed by atoms with Crippen LogP contribution in [0.3, 0.4) is 0 Å². The Morgan fingerprint density at radius 3 is 2.56 bits per heavy atom. The van der Waals surface area contributed by atoms with E-state index in [2.05, 4.69) is 6.58 Å². The lowest BCUT2D eigenvalue weighted by molar-refractivity contribution is 0.467. The molecule has 3 heteroatoms. The van der Waals surface area contributed by atoms with Crippen LogP contribution in [0, 0.1) is 0 Å². The fourth-order valence-corrected chi connectivity index (χ4v) is 1.75. The highest BCUT2D eigenvalue weighted by Crippen LogP contribution is 2.31. The summed E-state index contributed by atoms with van der Waals surface area (Å²) >= 11 is 0. The van der Waals surface area contributed by atoms with Crippen LogP contribution in [0.5, 0.6) is 5.75 Å². The van der Waals surface area contributed by atoms with Gasteiger partial charge in [0.1, 0.15) is 5.75 Å². The van der Waals surface area contributed by atoms with Crippen LogP contribution in [-0.2, 0) is 0 Å². The van der Waals surface area contributed by atoms with E-state index in [4.69, 9.17) is 5.73 Å². The van der Waals surface area contributed by atoms with Gasteiger partial charge in [-0.2, -0.15) is 0 Å². The van der Waals surface area contributed by atoms with Gasteiger partial charge >= 0.3 is 0 Å². The average Bonchev–Trinajstić information content (AvgIpc) is 2.28. The minimum atomic E-state index is -0.337. The number of fused-ring (bicyclic) bond motifs is 1. The monoisotopic (exact) mass is 235 g/mol. The van der Waals surface area contributed by atoms with Crippen LogP contribution in [0.4, 0.5) is 0 Å². The molecule has 0 saturated heterocycles. The number of phenolic OH excluding ortho intramolecular Hbond substituents is 1. The maximum Gasteiger partial charge on any atom is 0.121 e. The fraction of sp³-hybridized carbons (Fsp3) is 0.0769. The Bertz CT molecular complexity index is 510. The van der Waals surface area contributed by atoms with Crippen molar-refractivity contribution in [3.05, 3.63) is 54.6 Å². The smallest absolute Gasteiger partial charge is 0.121 e. The minimum Gasteiger partial charge on any atom is -0.508 e. The molecule has 3 N–H and O–H groups in total. The summed E-state index contributed by atoms with van der Waals surface area (Å²) in [7, 11) is 0. The number of benzene rings is 2. The molecule has 2 aromatic rings. The normalized spacial score (nSPS) is 11.8. The van der Waals surface area contributed by atoms with Crippen molar-refractivity contribution in [2.24, 2.45) is 5.73 Å². The molecule has 84 valence electrons. The molecule has 0 aliphatic heterocycles. The van der Waals surface area contributed by atoms with E-state index in [0.717, 1.165) is 16.3 Å². The third-order valence-electron chi connectivity index (χ3n) is 2.53. The van der Waals surface area contributed by atoms with Crippen molar-refractivity contribution in [1.82, 2.24) is 0 Å². The summed E-state index contributed by atoms with van der Waals surface area (Å²) in [6.07, 6.45) is 1.63. The lowest BCUT2D eigenvalue weighted by Gasteiger charge is -2.12. The predicted molar refractivity (Wildman–Crippen MR) is 70.0 cm³/mol. The van der Waals surface area contributed by atoms with Gasteiger partial charge in [-0.05, 0) is 16.8 Å². The molecule has 0 fully saturated rings. The lowest BCUT2D eigenvalue weighted by atomic mass is 9.98. The summed E-state index contributed by atoms with van der Waals surface area (Å²) in [6, 6.07) is 11.0. The van der Waals surface area contributed by atoms with Crippen LogP contribution in [-0.4, -0.2) is 5.11 Å². The second-order valence-electron chi connectivity index (χ2n) is 3.48. The van der Waals surface area contributed by atoms with E-state index >= 15 is 0 Å². The van der Waals surface area contributed by atoms with Crippen molar-refractivity contribution in [2.75, 3.05) is 0 Å². The molecule has 0 aliphatic carbocycles. The third kappa shape index (κ3) is 2.03. The Morgan fingerprint density at radius 2 is 1.88 bits per heavy atom. The molecule has 0 amide bonds. The SMILES string of the molecule is C=C[C@H](N)c1c(O)ccc2ccccc12.Cl. The van der Waals surface area contributed by atoms with E-state index in [9.17, 15) is 5.11 Å². The summed E-state index contributed by atoms with van der Waals surface area (Å²) in [4.78, 5) is 0. The molecule has 2 rings (SSSR count). The lowest BCUT2D eigenvalue weighted by Crippen LogP contribution is -2.07. The zero-order chi connectivity index (χ0) is 10.8. The van der Waals surface area contributed by atoms with E-state index in [1.807, 2.05) is 30.3 Å². The van der Waals surface area contributed by atoms with Gasteiger partial charge in [0.05, 0.1) is 6.04 Å². The maximum atomic E-state index is 9.78. The van der Waals surface area contributed by atoms with Crippen LogP contribution in [0.2, 0.25) is 0 Å². The van der Waals surface area contributed by atoms with Gasteiger partial charge in [0.25, 0.3) is 0 Å². The van der Waals surface area contributed by atoms with Gasteiger partial charge in [-0.25, -0.2) is 0 Å². The van der Waals surface area contributed by atoms with Crippen LogP contribution in [0.15, 0.2) is 49.1 Å². The average molecular weight is 236 g/mol. The Kier molecular flexibility index (Phi) is 3.93. The van der Waals surface area contributed by atoms with Crippen molar-refractivity contribution < 1.29 is 5.11 Å². The molecule has 0 heterocycles. The molecule has 0 bridgehead atoms. The van der Waals surface area contributed by atoms with Gasteiger partial charge in [0.15, 0.2) is 0 Å². The number of phenols is 1. The highest BCUT2D eigenvalue weighted by molar-refractivity contribution is 5.88. The molecule has 0 radical (unpaired) electrons. The number of aromatic hydroxyl groups is 1. The van der Waals surface area contributed by atoms with Gasteiger partial charge in [0, 0.05) is 5.56 Å². The Morgan fingerprint density at radius 1 is 1.19 bits per heavy atom. The molecule has 2 nitrogen and oxygen atoms in total. The van der Waals surface area contributed by atoms with Crippen molar-refractivity contribution in [3.8, 4) is 5.75 Å². The number of rotatable bonds is 2. The van der Waals surface area contributed by atoms with Crippen molar-refractivity contribution >= 4 is 23.2 Å². The Balaban J connectivity index is 0.00000128. The predicted octanol–water partition coefficient (Wildman–Crippen LogP) is 3.15. The molecular formula is C13H14ClNO. The van der Waals surface area contributed by atoms with E-state index in [-0.39, 0.29) is 24.2 Å². The first kappa shape index (κ1) is 12.6. The number of hydrogen-bond donors (Lipinski definition) is 2. The van der Waals surface area contributed by atoms with Gasteiger partial charge in [-0.3, -0.25) is 0 Å². The molecular weight excluding hydrogens is 222 g/mol. The van der Waals surface area contributed by atoms with E-state index in [1.54, 1.807) is 12.1 Å². The van der Waals surface area contributed by atoms with Gasteiger partial charge in [0.2, 0.25) is 0 Å². The van der Waals surface area contributed by atoms with Crippen LogP contribution >= 0.6 is 12.4 Å². The number of halogens is 1. The summed E-state index contributed by atoms with van der Waals surface area (Å²) in [5.41, 5.74) is 6.62. The highest BCUT2D eigenvalue weighted by Gasteiger charge is 2.11. The first-order valence-corrected chi connectivity index (χ1v) is 4.83. The second-order valence-corrected chi connectivity index (χ2v) is 3.48. The topological polar surface area (TPSA) is 46.2 Å². The summed E-state index contributed by atoms with van der Waals surface area (Å²) in [5, 5.41) is 11.8. The first-order valence-electron chi connectivity index (χ1n) is 4.83. The number of hydrogen-bond acceptors (Lipinski definition) is 2. The van der Waals surface area contributed by atoms with Crippen molar-refractivity contribution in [3.63, 3.8) is 0 Å². The molecule has 0 spiro atoms. The molecule has 0 unspecified atom stereocenters. The van der Waals surface area contributed by atoms with Crippen LogP contribution in [0.25, 0.3) is 10.8 Å². The van der Waals surface area contributed by atoms with Gasteiger partial charge in [-0.15, -0.1) is 19.0 Å². The highest BCUT2D eigenvalue weighted by atomic mass is 35.5.